The Labute approximate surface area is 121 Å². The van der Waals surface area contributed by atoms with E-state index in [-0.39, 0.29) is 5.56 Å². The van der Waals surface area contributed by atoms with Crippen molar-refractivity contribution in [2.75, 3.05) is 6.54 Å². The Hall–Kier alpha value is -2.27. The summed E-state index contributed by atoms with van der Waals surface area (Å²) in [6, 6.07) is 9.47. The fourth-order valence-electron chi connectivity index (χ4n) is 2.51. The largest absolute Gasteiger partial charge is 0.306 e. The van der Waals surface area contributed by atoms with E-state index in [4.69, 9.17) is 0 Å². The number of hydrogen-bond acceptors (Lipinski definition) is 2. The van der Waals surface area contributed by atoms with Gasteiger partial charge in [-0.15, -0.1) is 0 Å². The van der Waals surface area contributed by atoms with E-state index >= 15 is 0 Å². The maximum atomic E-state index is 14.1. The molecule has 1 unspecified atom stereocenters. The van der Waals surface area contributed by atoms with E-state index in [0.717, 1.165) is 17.1 Å². The van der Waals surface area contributed by atoms with Gasteiger partial charge in [0.25, 0.3) is 0 Å². The van der Waals surface area contributed by atoms with Gasteiger partial charge < -0.3 is 5.32 Å². The van der Waals surface area contributed by atoms with Crippen LogP contribution in [0.4, 0.5) is 8.78 Å². The molecule has 108 valence electrons. The molecule has 0 bridgehead atoms. The molecule has 0 spiro atoms. The smallest absolute Gasteiger partial charge is 0.163 e. The van der Waals surface area contributed by atoms with Crippen molar-refractivity contribution in [2.24, 2.45) is 0 Å². The van der Waals surface area contributed by atoms with Crippen LogP contribution in [0.5, 0.6) is 0 Å². The average molecular weight is 287 g/mol. The van der Waals surface area contributed by atoms with E-state index < -0.39 is 17.7 Å². The van der Waals surface area contributed by atoms with Crippen LogP contribution in [-0.4, -0.2) is 16.2 Å². The van der Waals surface area contributed by atoms with Gasteiger partial charge in [-0.05, 0) is 24.7 Å². The Morgan fingerprint density at radius 1 is 1.14 bits per heavy atom. The molecule has 0 aliphatic heterocycles. The highest BCUT2D eigenvalue weighted by atomic mass is 19.2. The highest BCUT2D eigenvalue weighted by Gasteiger charge is 2.22. The second kappa shape index (κ2) is 5.61. The summed E-state index contributed by atoms with van der Waals surface area (Å²) in [6.07, 6.45) is 3.51. The number of benzene rings is 1. The first-order valence-electron chi connectivity index (χ1n) is 6.82. The van der Waals surface area contributed by atoms with Crippen LogP contribution in [0, 0.1) is 11.6 Å². The summed E-state index contributed by atoms with van der Waals surface area (Å²) in [7, 11) is 0. The molecule has 2 heterocycles. The molecule has 0 radical (unpaired) electrons. The SMILES string of the molecule is CCNC(c1cccc(F)c1F)c1cnn2ccccc12. The van der Waals surface area contributed by atoms with Gasteiger partial charge in [0.05, 0.1) is 17.8 Å². The molecule has 0 saturated heterocycles. The number of nitrogens with one attached hydrogen (secondary N) is 1. The van der Waals surface area contributed by atoms with Crippen LogP contribution in [0.3, 0.4) is 0 Å². The lowest BCUT2D eigenvalue weighted by molar-refractivity contribution is 0.483. The summed E-state index contributed by atoms with van der Waals surface area (Å²) in [5.41, 5.74) is 1.98. The average Bonchev–Trinajstić information content (AvgIpc) is 2.92. The fourth-order valence-corrected chi connectivity index (χ4v) is 2.51. The minimum absolute atomic E-state index is 0.288. The normalized spacial score (nSPS) is 12.7. The lowest BCUT2D eigenvalue weighted by atomic mass is 9.99. The van der Waals surface area contributed by atoms with Gasteiger partial charge in [-0.3, -0.25) is 0 Å². The maximum absolute atomic E-state index is 14.1. The van der Waals surface area contributed by atoms with Crippen LogP contribution in [0.25, 0.3) is 5.52 Å². The molecule has 0 aliphatic rings. The van der Waals surface area contributed by atoms with E-state index in [9.17, 15) is 8.78 Å². The molecule has 0 aliphatic carbocycles. The summed E-state index contributed by atoms with van der Waals surface area (Å²) in [5.74, 6) is -1.66. The van der Waals surface area contributed by atoms with Gasteiger partial charge in [0.2, 0.25) is 0 Å². The Bertz CT molecular complexity index is 767. The number of pyridine rings is 1. The molecule has 5 heteroatoms. The van der Waals surface area contributed by atoms with E-state index in [1.165, 1.54) is 6.07 Å². The van der Waals surface area contributed by atoms with Crippen LogP contribution in [0.15, 0.2) is 48.8 Å². The van der Waals surface area contributed by atoms with Crippen LogP contribution < -0.4 is 5.32 Å². The molecule has 0 saturated carbocycles. The number of aromatic nitrogens is 2. The standard InChI is InChI=1S/C16H15F2N3/c1-2-19-16(11-6-5-7-13(17)15(11)18)12-10-20-21-9-4-3-8-14(12)21/h3-10,16,19H,2H2,1H3. The molecule has 1 N–H and O–H groups in total. The van der Waals surface area contributed by atoms with Crippen LogP contribution in [0.1, 0.15) is 24.1 Å². The maximum Gasteiger partial charge on any atom is 0.163 e. The molecule has 1 atom stereocenters. The molecule has 0 fully saturated rings. The summed E-state index contributed by atoms with van der Waals surface area (Å²) < 4.78 is 29.4. The highest BCUT2D eigenvalue weighted by molar-refractivity contribution is 5.57. The number of hydrogen-bond donors (Lipinski definition) is 1. The minimum atomic E-state index is -0.841. The van der Waals surface area contributed by atoms with Crippen molar-refractivity contribution in [3.8, 4) is 0 Å². The van der Waals surface area contributed by atoms with Crippen LogP contribution in [-0.2, 0) is 0 Å². The van der Waals surface area contributed by atoms with Crippen molar-refractivity contribution < 1.29 is 8.78 Å². The van der Waals surface area contributed by atoms with Crippen LogP contribution in [0.2, 0.25) is 0 Å². The zero-order valence-corrected chi connectivity index (χ0v) is 11.6. The zero-order valence-electron chi connectivity index (χ0n) is 11.6. The third-order valence-electron chi connectivity index (χ3n) is 3.47. The van der Waals surface area contributed by atoms with Gasteiger partial charge in [0.1, 0.15) is 0 Å². The van der Waals surface area contributed by atoms with Crippen molar-refractivity contribution in [2.45, 2.75) is 13.0 Å². The number of halogens is 2. The Morgan fingerprint density at radius 2 is 2.00 bits per heavy atom. The van der Waals surface area contributed by atoms with Crippen molar-refractivity contribution >= 4 is 5.52 Å². The third kappa shape index (κ3) is 2.40. The van der Waals surface area contributed by atoms with Crippen molar-refractivity contribution in [3.05, 3.63) is 71.6 Å². The first-order valence-corrected chi connectivity index (χ1v) is 6.82. The number of fused-ring (bicyclic) bond motifs is 1. The van der Waals surface area contributed by atoms with Crippen molar-refractivity contribution in [1.82, 2.24) is 14.9 Å². The molecular weight excluding hydrogens is 272 g/mol. The molecule has 0 amide bonds. The molecule has 1 aromatic carbocycles. The molecule has 3 nitrogen and oxygen atoms in total. The topological polar surface area (TPSA) is 29.3 Å². The van der Waals surface area contributed by atoms with Gasteiger partial charge in [0.15, 0.2) is 11.6 Å². The first kappa shape index (κ1) is 13.7. The number of nitrogens with zero attached hydrogens (tertiary/aromatic N) is 2. The summed E-state index contributed by atoms with van der Waals surface area (Å²) in [6.45, 7) is 2.56. The summed E-state index contributed by atoms with van der Waals surface area (Å²) in [4.78, 5) is 0. The van der Waals surface area contributed by atoms with Gasteiger partial charge in [-0.25, -0.2) is 13.3 Å². The fraction of sp³-hybridized carbons (Fsp3) is 0.188. The molecule has 21 heavy (non-hydrogen) atoms. The zero-order chi connectivity index (χ0) is 14.8. The molecule has 2 aromatic heterocycles. The van der Waals surface area contributed by atoms with E-state index in [1.807, 2.05) is 31.3 Å². The predicted octanol–water partition coefficient (Wildman–Crippen LogP) is 3.31. The predicted molar refractivity (Wildman–Crippen MR) is 77.1 cm³/mol. The minimum Gasteiger partial charge on any atom is -0.306 e. The van der Waals surface area contributed by atoms with Crippen LogP contribution >= 0.6 is 0 Å². The lowest BCUT2D eigenvalue weighted by Crippen LogP contribution is -2.23. The molecule has 3 rings (SSSR count). The van der Waals surface area contributed by atoms with E-state index in [2.05, 4.69) is 10.4 Å². The number of rotatable bonds is 4. The highest BCUT2D eigenvalue weighted by Crippen LogP contribution is 2.28. The monoisotopic (exact) mass is 287 g/mol. The Balaban J connectivity index is 2.16. The van der Waals surface area contributed by atoms with E-state index in [1.54, 1.807) is 16.8 Å². The first-order chi connectivity index (χ1) is 10.2. The van der Waals surface area contributed by atoms with Gasteiger partial charge in [0, 0.05) is 17.3 Å². The Morgan fingerprint density at radius 3 is 2.81 bits per heavy atom. The van der Waals surface area contributed by atoms with Gasteiger partial charge in [-0.2, -0.15) is 5.10 Å². The summed E-state index contributed by atoms with van der Waals surface area (Å²) >= 11 is 0. The third-order valence-corrected chi connectivity index (χ3v) is 3.47. The van der Waals surface area contributed by atoms with E-state index in [0.29, 0.717) is 6.54 Å². The van der Waals surface area contributed by atoms with Gasteiger partial charge in [-0.1, -0.05) is 25.1 Å². The molecule has 3 aromatic rings. The Kier molecular flexibility index (Phi) is 3.66. The quantitative estimate of drug-likeness (QED) is 0.797. The molecular formula is C16H15F2N3. The van der Waals surface area contributed by atoms with Crippen molar-refractivity contribution in [1.29, 1.82) is 0 Å². The summed E-state index contributed by atoms with van der Waals surface area (Å²) in [5, 5.41) is 7.46. The second-order valence-corrected chi connectivity index (χ2v) is 4.76. The van der Waals surface area contributed by atoms with Crippen molar-refractivity contribution in [3.63, 3.8) is 0 Å². The lowest BCUT2D eigenvalue weighted by Gasteiger charge is -2.18. The second-order valence-electron chi connectivity index (χ2n) is 4.76. The van der Waals surface area contributed by atoms with Gasteiger partial charge >= 0.3 is 0 Å².